The molecule has 0 unspecified atom stereocenters. The third-order valence-corrected chi connectivity index (χ3v) is 10.7. The second-order valence-corrected chi connectivity index (χ2v) is 16.3. The summed E-state index contributed by atoms with van der Waals surface area (Å²) in [5.41, 5.74) is 4.28. The number of Topliss-reactive ketones (excluding diaryl/α,β-unsaturated/α-hetero) is 2. The molecule has 0 bridgehead atoms. The van der Waals surface area contributed by atoms with Crippen molar-refractivity contribution < 1.29 is 31.7 Å². The minimum atomic E-state index is -4.18. The van der Waals surface area contributed by atoms with Crippen molar-refractivity contribution >= 4 is 37.6 Å². The normalized spacial score (nSPS) is 19.9. The van der Waals surface area contributed by atoms with E-state index in [0.717, 1.165) is 23.4 Å². The zero-order valence-corrected chi connectivity index (χ0v) is 29.5. The molecular weight excluding hydrogens is 658 g/mol. The van der Waals surface area contributed by atoms with Gasteiger partial charge in [0.25, 0.3) is 0 Å². The van der Waals surface area contributed by atoms with Gasteiger partial charge < -0.3 is 18.6 Å². The molecule has 0 saturated carbocycles. The lowest BCUT2D eigenvalue weighted by atomic mass is 9.63. The Morgan fingerprint density at radius 3 is 1.96 bits per heavy atom. The van der Waals surface area contributed by atoms with Crippen LogP contribution in [-0.4, -0.2) is 52.3 Å². The minimum absolute atomic E-state index is 0.00515. The van der Waals surface area contributed by atoms with Crippen molar-refractivity contribution in [3.63, 3.8) is 0 Å². The van der Waals surface area contributed by atoms with Gasteiger partial charge in [-0.05, 0) is 82.8 Å². The molecule has 8 nitrogen and oxygen atoms in total. The minimum Gasteiger partial charge on any atom is -0.493 e. The number of hydrogen-bond acceptors (Lipinski definition) is 8. The van der Waals surface area contributed by atoms with Gasteiger partial charge in [-0.25, -0.2) is 0 Å². The Bertz CT molecular complexity index is 1650. The highest BCUT2D eigenvalue weighted by atomic mass is 79.9. The summed E-state index contributed by atoms with van der Waals surface area (Å²) in [6.07, 6.45) is 2.86. The third-order valence-electron chi connectivity index (χ3n) is 8.84. The van der Waals surface area contributed by atoms with Crippen LogP contribution in [0.15, 0.2) is 68.3 Å². The van der Waals surface area contributed by atoms with Gasteiger partial charge in [0.1, 0.15) is 4.90 Å². The number of hydrogen-bond donors (Lipinski definition) is 0. The number of aryl methyl sites for hydroxylation is 1. The van der Waals surface area contributed by atoms with E-state index in [-0.39, 0.29) is 38.8 Å². The van der Waals surface area contributed by atoms with Crippen molar-refractivity contribution in [2.75, 3.05) is 27.4 Å². The fourth-order valence-corrected chi connectivity index (χ4v) is 8.47. The van der Waals surface area contributed by atoms with Gasteiger partial charge in [0, 0.05) is 61.6 Å². The van der Waals surface area contributed by atoms with Crippen LogP contribution < -0.4 is 8.92 Å². The van der Waals surface area contributed by atoms with Crippen LogP contribution in [0.25, 0.3) is 0 Å². The number of ether oxygens (including phenoxy) is 2. The second kappa shape index (κ2) is 12.3. The molecule has 2 aromatic rings. The van der Waals surface area contributed by atoms with E-state index in [9.17, 15) is 18.0 Å². The molecule has 1 aliphatic heterocycles. The lowest BCUT2D eigenvalue weighted by molar-refractivity contribution is -0.119. The van der Waals surface area contributed by atoms with E-state index in [2.05, 4.69) is 48.5 Å². The van der Waals surface area contributed by atoms with Crippen molar-refractivity contribution in [2.45, 2.75) is 77.5 Å². The van der Waals surface area contributed by atoms with Crippen LogP contribution in [0.3, 0.4) is 0 Å². The molecule has 0 spiro atoms. The van der Waals surface area contributed by atoms with Crippen LogP contribution in [0.2, 0.25) is 0 Å². The number of methoxy groups -OCH3 is 2. The topological polar surface area (TPSA) is 99.2 Å². The lowest BCUT2D eigenvalue weighted by Crippen LogP contribution is -2.44. The summed E-state index contributed by atoms with van der Waals surface area (Å²) in [5, 5.41) is 0. The van der Waals surface area contributed by atoms with E-state index in [0.29, 0.717) is 60.0 Å². The van der Waals surface area contributed by atoms with E-state index < -0.39 is 16.0 Å². The molecule has 0 radical (unpaired) electrons. The van der Waals surface area contributed by atoms with E-state index >= 15 is 0 Å². The number of halogens is 1. The quantitative estimate of drug-likeness (QED) is 0.199. The SMILES string of the molecule is COCCCN1C2=C(C(=O)CC(C)(C)C2)C(c2cc(Br)c(OS(=O)(=O)c3ccc(C)cc3)c(OC)c2)C2=C1CC(C)(C)CC2=O. The molecule has 0 atom stereocenters. The summed E-state index contributed by atoms with van der Waals surface area (Å²) < 4.78 is 43.5. The summed E-state index contributed by atoms with van der Waals surface area (Å²) in [5.74, 6) is -0.411. The number of carbonyl (C=O) groups is 2. The predicted molar refractivity (Wildman–Crippen MR) is 176 cm³/mol. The zero-order valence-electron chi connectivity index (χ0n) is 27.1. The average molecular weight is 701 g/mol. The Morgan fingerprint density at radius 2 is 1.44 bits per heavy atom. The first-order valence-electron chi connectivity index (χ1n) is 15.2. The van der Waals surface area contributed by atoms with E-state index in [1.807, 2.05) is 6.92 Å². The third kappa shape index (κ3) is 6.65. The highest BCUT2D eigenvalue weighted by molar-refractivity contribution is 9.10. The maximum Gasteiger partial charge on any atom is 0.339 e. The number of carbonyl (C=O) groups excluding carboxylic acids is 2. The Hall–Kier alpha value is -2.95. The number of benzene rings is 2. The smallest absolute Gasteiger partial charge is 0.339 e. The van der Waals surface area contributed by atoms with E-state index in [1.165, 1.54) is 19.2 Å². The lowest BCUT2D eigenvalue weighted by Gasteiger charge is -2.49. The summed E-state index contributed by atoms with van der Waals surface area (Å²) in [6, 6.07) is 9.85. The molecule has 3 aliphatic rings. The fraction of sp³-hybridized carbons (Fsp3) is 0.486. The number of allylic oxidation sites excluding steroid dienone is 4. The van der Waals surface area contributed by atoms with E-state index in [1.54, 1.807) is 31.4 Å². The molecule has 1 heterocycles. The summed E-state index contributed by atoms with van der Waals surface area (Å²) in [4.78, 5) is 30.4. The highest BCUT2D eigenvalue weighted by Gasteiger charge is 2.49. The van der Waals surface area contributed by atoms with Crippen LogP contribution >= 0.6 is 15.9 Å². The zero-order chi connectivity index (χ0) is 32.9. The first-order valence-corrected chi connectivity index (χ1v) is 17.4. The summed E-state index contributed by atoms with van der Waals surface area (Å²) in [6.45, 7) is 11.5. The van der Waals surface area contributed by atoms with E-state index in [4.69, 9.17) is 13.7 Å². The Labute approximate surface area is 275 Å². The highest BCUT2D eigenvalue weighted by Crippen LogP contribution is 2.55. The standard InChI is InChI=1S/C35H42BrNO7S/c1-21-9-11-23(12-10-21)45(40,41)44-33-24(36)15-22(16-29(33)43-7)30-31-25(17-34(2,3)19-27(31)38)37(13-8-14-42-6)26-18-35(4,5)20-28(39)32(26)30/h9-12,15-16,30H,8,13-14,17-20H2,1-7H3. The molecule has 10 heteroatoms. The van der Waals surface area contributed by atoms with Crippen LogP contribution in [0, 0.1) is 17.8 Å². The van der Waals surface area contributed by atoms with Gasteiger partial charge in [0.2, 0.25) is 0 Å². The number of rotatable bonds is 9. The van der Waals surface area contributed by atoms with Crippen LogP contribution in [0.1, 0.15) is 76.8 Å². The van der Waals surface area contributed by atoms with Crippen LogP contribution in [0.5, 0.6) is 11.5 Å². The fourth-order valence-electron chi connectivity index (χ4n) is 6.87. The Morgan fingerprint density at radius 1 is 0.889 bits per heavy atom. The van der Waals surface area contributed by atoms with Crippen LogP contribution in [0.4, 0.5) is 0 Å². The van der Waals surface area contributed by atoms with Crippen LogP contribution in [-0.2, 0) is 24.4 Å². The predicted octanol–water partition coefficient (Wildman–Crippen LogP) is 7.26. The molecule has 45 heavy (non-hydrogen) atoms. The molecule has 0 aromatic heterocycles. The molecule has 0 saturated heterocycles. The van der Waals surface area contributed by atoms with Gasteiger partial charge >= 0.3 is 10.1 Å². The molecule has 0 amide bonds. The number of ketones is 2. The van der Waals surface area contributed by atoms with Gasteiger partial charge in [-0.3, -0.25) is 9.59 Å². The van der Waals surface area contributed by atoms with Crippen molar-refractivity contribution in [3.8, 4) is 11.5 Å². The van der Waals surface area contributed by atoms with Crippen molar-refractivity contribution in [1.82, 2.24) is 4.90 Å². The van der Waals surface area contributed by atoms with Gasteiger partial charge in [0.05, 0.1) is 11.6 Å². The van der Waals surface area contributed by atoms with Gasteiger partial charge in [-0.1, -0.05) is 45.4 Å². The molecule has 0 fully saturated rings. The summed E-state index contributed by atoms with van der Waals surface area (Å²) >= 11 is 3.54. The van der Waals surface area contributed by atoms with Crippen molar-refractivity contribution in [1.29, 1.82) is 0 Å². The molecule has 5 rings (SSSR count). The van der Waals surface area contributed by atoms with Gasteiger partial charge in [0.15, 0.2) is 23.1 Å². The first-order chi connectivity index (χ1) is 21.1. The van der Waals surface area contributed by atoms with Crippen molar-refractivity contribution in [2.24, 2.45) is 10.8 Å². The number of nitrogens with zero attached hydrogens (tertiary/aromatic N) is 1. The molecule has 2 aliphatic carbocycles. The molecule has 0 N–H and O–H groups in total. The maximum absolute atomic E-state index is 14.1. The largest absolute Gasteiger partial charge is 0.493 e. The van der Waals surface area contributed by atoms with Gasteiger partial charge in [-0.15, -0.1) is 0 Å². The average Bonchev–Trinajstić information content (AvgIpc) is 2.93. The monoisotopic (exact) mass is 699 g/mol. The maximum atomic E-state index is 14.1. The summed E-state index contributed by atoms with van der Waals surface area (Å²) in [7, 11) is -1.07. The molecule has 2 aromatic carbocycles. The Kier molecular flexibility index (Phi) is 9.16. The Balaban J connectivity index is 1.68. The molecule has 242 valence electrons. The first kappa shape index (κ1) is 33.4. The van der Waals surface area contributed by atoms with Crippen molar-refractivity contribution in [3.05, 3.63) is 74.5 Å². The molecular formula is C35H42BrNO7S. The second-order valence-electron chi connectivity index (χ2n) is 13.9. The van der Waals surface area contributed by atoms with Gasteiger partial charge in [-0.2, -0.15) is 8.42 Å².